The number of nitrogens with zero attached hydrogens (tertiary/aromatic N) is 1. The van der Waals surface area contributed by atoms with E-state index in [0.717, 1.165) is 11.1 Å². The number of carbonyl (C=O) groups excluding carboxylic acids is 2. The van der Waals surface area contributed by atoms with Gasteiger partial charge in [-0.15, -0.1) is 0 Å². The van der Waals surface area contributed by atoms with E-state index >= 15 is 0 Å². The van der Waals surface area contributed by atoms with Crippen LogP contribution in [0.5, 0.6) is 0 Å². The van der Waals surface area contributed by atoms with E-state index in [4.69, 9.17) is 4.74 Å². The first-order valence-electron chi connectivity index (χ1n) is 9.16. The lowest BCUT2D eigenvalue weighted by molar-refractivity contribution is -0.132. The Labute approximate surface area is 161 Å². The van der Waals surface area contributed by atoms with Crippen LogP contribution in [0.2, 0.25) is 0 Å². The zero-order valence-corrected chi connectivity index (χ0v) is 16.3. The van der Waals surface area contributed by atoms with Gasteiger partial charge in [-0.3, -0.25) is 4.79 Å². The van der Waals surface area contributed by atoms with Crippen LogP contribution < -0.4 is 5.32 Å². The number of ether oxygens (including phenoxy) is 1. The molecule has 0 saturated heterocycles. The molecule has 0 aliphatic heterocycles. The molecule has 2 amide bonds. The van der Waals surface area contributed by atoms with Crippen LogP contribution in [0.1, 0.15) is 38.3 Å². The van der Waals surface area contributed by atoms with Crippen molar-refractivity contribution in [2.24, 2.45) is 0 Å². The number of carbonyl (C=O) groups is 2. The number of amides is 2. The number of alkyl carbamates (subject to hydrolysis) is 1. The highest BCUT2D eigenvalue weighted by Crippen LogP contribution is 2.12. The molecule has 2 aromatic rings. The summed E-state index contributed by atoms with van der Waals surface area (Å²) in [6, 6.07) is 19.8. The van der Waals surface area contributed by atoms with E-state index in [9.17, 15) is 9.59 Å². The van der Waals surface area contributed by atoms with E-state index in [0.29, 0.717) is 13.1 Å². The molecular weight excluding hydrogens is 340 g/mol. The molecular formula is C22H28N2O3. The Morgan fingerprint density at radius 3 is 1.81 bits per heavy atom. The molecule has 0 unspecified atom stereocenters. The van der Waals surface area contributed by atoms with Crippen LogP contribution >= 0.6 is 0 Å². The van der Waals surface area contributed by atoms with Gasteiger partial charge in [0.1, 0.15) is 5.60 Å². The maximum atomic E-state index is 12.8. The highest BCUT2D eigenvalue weighted by atomic mass is 16.6. The molecule has 0 radical (unpaired) electrons. The Kier molecular flexibility index (Phi) is 7.41. The van der Waals surface area contributed by atoms with Gasteiger partial charge in [0, 0.05) is 26.1 Å². The highest BCUT2D eigenvalue weighted by molar-refractivity contribution is 5.77. The van der Waals surface area contributed by atoms with Crippen molar-refractivity contribution in [3.05, 3.63) is 71.8 Å². The average molecular weight is 368 g/mol. The third-order valence-electron chi connectivity index (χ3n) is 3.79. The van der Waals surface area contributed by atoms with E-state index in [1.54, 1.807) is 25.7 Å². The van der Waals surface area contributed by atoms with Crippen molar-refractivity contribution in [3.8, 4) is 0 Å². The molecule has 144 valence electrons. The number of hydrogen-bond acceptors (Lipinski definition) is 3. The third kappa shape index (κ3) is 7.94. The summed E-state index contributed by atoms with van der Waals surface area (Å²) in [6.07, 6.45) is -0.285. The number of nitrogens with one attached hydrogen (secondary N) is 1. The van der Waals surface area contributed by atoms with E-state index < -0.39 is 11.7 Å². The Morgan fingerprint density at radius 2 is 1.37 bits per heavy atom. The van der Waals surface area contributed by atoms with Crippen molar-refractivity contribution in [2.45, 2.75) is 45.9 Å². The summed E-state index contributed by atoms with van der Waals surface area (Å²) >= 11 is 0. The van der Waals surface area contributed by atoms with Gasteiger partial charge in [-0.2, -0.15) is 0 Å². The minimum Gasteiger partial charge on any atom is -0.444 e. The number of benzene rings is 2. The Balaban J connectivity index is 1.95. The van der Waals surface area contributed by atoms with E-state index in [2.05, 4.69) is 5.32 Å². The topological polar surface area (TPSA) is 58.6 Å². The van der Waals surface area contributed by atoms with Crippen LogP contribution in [0.4, 0.5) is 4.79 Å². The Hall–Kier alpha value is -2.82. The fourth-order valence-electron chi connectivity index (χ4n) is 2.58. The summed E-state index contributed by atoms with van der Waals surface area (Å²) in [5.41, 5.74) is 1.59. The zero-order chi connectivity index (χ0) is 19.7. The maximum absolute atomic E-state index is 12.8. The molecule has 27 heavy (non-hydrogen) atoms. The van der Waals surface area contributed by atoms with Crippen LogP contribution in [0.15, 0.2) is 60.7 Å². The van der Waals surface area contributed by atoms with Crippen LogP contribution in [0.25, 0.3) is 0 Å². The molecule has 2 aromatic carbocycles. The van der Waals surface area contributed by atoms with Gasteiger partial charge >= 0.3 is 6.09 Å². The lowest BCUT2D eigenvalue weighted by Crippen LogP contribution is -2.36. The Bertz CT molecular complexity index is 683. The summed E-state index contributed by atoms with van der Waals surface area (Å²) in [5.74, 6) is -0.0150. The van der Waals surface area contributed by atoms with E-state index in [1.807, 2.05) is 60.7 Å². The first-order valence-corrected chi connectivity index (χ1v) is 9.16. The lowest BCUT2D eigenvalue weighted by atomic mass is 10.1. The van der Waals surface area contributed by atoms with Gasteiger partial charge in [0.2, 0.25) is 5.91 Å². The summed E-state index contributed by atoms with van der Waals surface area (Å²) in [4.78, 5) is 26.3. The maximum Gasteiger partial charge on any atom is 0.407 e. The van der Waals surface area contributed by atoms with Gasteiger partial charge in [0.05, 0.1) is 0 Å². The molecule has 2 rings (SSSR count). The fraction of sp³-hybridized carbons (Fsp3) is 0.364. The standard InChI is InChI=1S/C22H28N2O3/c1-22(2,3)27-21(26)23-15-14-20(25)24(16-18-10-6-4-7-11-18)17-19-12-8-5-9-13-19/h4-13H,14-17H2,1-3H3,(H,23,26). The smallest absolute Gasteiger partial charge is 0.407 e. The summed E-state index contributed by atoms with van der Waals surface area (Å²) in [5, 5.41) is 2.64. The second kappa shape index (κ2) is 9.76. The van der Waals surface area contributed by atoms with Crippen LogP contribution in [0.3, 0.4) is 0 Å². The summed E-state index contributed by atoms with van der Waals surface area (Å²) < 4.78 is 5.20. The first kappa shape index (κ1) is 20.5. The number of rotatable bonds is 7. The minimum atomic E-state index is -0.555. The normalized spacial score (nSPS) is 10.9. The predicted octanol–water partition coefficient (Wildman–Crippen LogP) is 4.13. The monoisotopic (exact) mass is 368 g/mol. The molecule has 0 bridgehead atoms. The van der Waals surface area contributed by atoms with E-state index in [1.165, 1.54) is 0 Å². The second-order valence-corrected chi connectivity index (χ2v) is 7.40. The molecule has 0 aliphatic rings. The zero-order valence-electron chi connectivity index (χ0n) is 16.3. The van der Waals surface area contributed by atoms with Crippen molar-refractivity contribution in [1.82, 2.24) is 10.2 Å². The van der Waals surface area contributed by atoms with Gasteiger partial charge < -0.3 is 15.0 Å². The quantitative estimate of drug-likeness (QED) is 0.799. The van der Waals surface area contributed by atoms with Crippen molar-refractivity contribution in [2.75, 3.05) is 6.54 Å². The van der Waals surface area contributed by atoms with Gasteiger partial charge in [-0.25, -0.2) is 4.79 Å². The SMILES string of the molecule is CC(C)(C)OC(=O)NCCC(=O)N(Cc1ccccc1)Cc1ccccc1. The van der Waals surface area contributed by atoms with Gasteiger partial charge in [-0.05, 0) is 31.9 Å². The van der Waals surface area contributed by atoms with Crippen LogP contribution in [-0.4, -0.2) is 29.0 Å². The van der Waals surface area contributed by atoms with Crippen molar-refractivity contribution in [1.29, 1.82) is 0 Å². The fourth-order valence-corrected chi connectivity index (χ4v) is 2.58. The lowest BCUT2D eigenvalue weighted by Gasteiger charge is -2.24. The summed E-state index contributed by atoms with van der Waals surface area (Å²) in [6.45, 7) is 6.72. The molecule has 0 saturated carbocycles. The Morgan fingerprint density at radius 1 is 0.889 bits per heavy atom. The molecule has 0 atom stereocenters. The third-order valence-corrected chi connectivity index (χ3v) is 3.79. The van der Waals surface area contributed by atoms with Gasteiger partial charge in [-0.1, -0.05) is 60.7 Å². The van der Waals surface area contributed by atoms with Gasteiger partial charge in [0.25, 0.3) is 0 Å². The molecule has 0 aliphatic carbocycles. The number of hydrogen-bond donors (Lipinski definition) is 1. The van der Waals surface area contributed by atoms with Crippen LogP contribution in [0, 0.1) is 0 Å². The molecule has 0 spiro atoms. The largest absolute Gasteiger partial charge is 0.444 e. The predicted molar refractivity (Wildman–Crippen MR) is 106 cm³/mol. The average Bonchev–Trinajstić information content (AvgIpc) is 2.61. The van der Waals surface area contributed by atoms with E-state index in [-0.39, 0.29) is 18.9 Å². The molecule has 0 fully saturated rings. The molecule has 0 heterocycles. The first-order chi connectivity index (χ1) is 12.8. The minimum absolute atomic E-state index is 0.0150. The molecule has 5 nitrogen and oxygen atoms in total. The van der Waals surface area contributed by atoms with Crippen molar-refractivity contribution in [3.63, 3.8) is 0 Å². The van der Waals surface area contributed by atoms with Crippen molar-refractivity contribution < 1.29 is 14.3 Å². The highest BCUT2D eigenvalue weighted by Gasteiger charge is 2.18. The molecule has 5 heteroatoms. The molecule has 0 aromatic heterocycles. The second-order valence-electron chi connectivity index (χ2n) is 7.40. The van der Waals surface area contributed by atoms with Crippen LogP contribution in [-0.2, 0) is 22.6 Å². The summed E-state index contributed by atoms with van der Waals surface area (Å²) in [7, 11) is 0. The van der Waals surface area contributed by atoms with Crippen molar-refractivity contribution >= 4 is 12.0 Å². The molecule has 1 N–H and O–H groups in total. The van der Waals surface area contributed by atoms with Gasteiger partial charge in [0.15, 0.2) is 0 Å².